The third kappa shape index (κ3) is 2.74. The molecule has 0 fully saturated rings. The van der Waals surface area contributed by atoms with Gasteiger partial charge in [-0.2, -0.15) is 0 Å². The van der Waals surface area contributed by atoms with Crippen LogP contribution in [0.3, 0.4) is 0 Å². The van der Waals surface area contributed by atoms with Crippen LogP contribution < -0.4 is 5.32 Å². The minimum absolute atomic E-state index is 0.0354. The van der Waals surface area contributed by atoms with Crippen molar-refractivity contribution in [2.45, 2.75) is 19.9 Å². The zero-order chi connectivity index (χ0) is 13.1. The summed E-state index contributed by atoms with van der Waals surface area (Å²) < 4.78 is 13.5. The number of rotatable bonds is 3. The Kier molecular flexibility index (Phi) is 3.72. The summed E-state index contributed by atoms with van der Waals surface area (Å²) in [5.74, 6) is -0.203. The quantitative estimate of drug-likeness (QED) is 0.897. The first kappa shape index (κ1) is 12.7. The number of hydrogen-bond acceptors (Lipinski definition) is 2. The van der Waals surface area contributed by atoms with Gasteiger partial charge in [0, 0.05) is 12.4 Å². The van der Waals surface area contributed by atoms with Crippen molar-refractivity contribution in [3.05, 3.63) is 64.7 Å². The van der Waals surface area contributed by atoms with Crippen LogP contribution >= 0.6 is 0 Å². The van der Waals surface area contributed by atoms with E-state index < -0.39 is 0 Å². The lowest BCUT2D eigenvalue weighted by Crippen LogP contribution is -2.18. The van der Waals surface area contributed by atoms with Gasteiger partial charge in [0.2, 0.25) is 0 Å². The largest absolute Gasteiger partial charge is 0.309 e. The maximum Gasteiger partial charge on any atom is 0.123 e. The van der Waals surface area contributed by atoms with E-state index in [1.54, 1.807) is 6.07 Å². The molecule has 0 saturated carbocycles. The lowest BCUT2D eigenvalue weighted by molar-refractivity contribution is 0.615. The summed E-state index contributed by atoms with van der Waals surface area (Å²) >= 11 is 0. The fraction of sp³-hybridized carbons (Fsp3) is 0.267. The summed E-state index contributed by atoms with van der Waals surface area (Å²) in [4.78, 5) is 4.19. The number of aryl methyl sites for hydroxylation is 2. The molecule has 1 N–H and O–H groups in total. The topological polar surface area (TPSA) is 24.9 Å². The number of pyridine rings is 1. The van der Waals surface area contributed by atoms with Gasteiger partial charge in [-0.05, 0) is 55.3 Å². The number of hydrogen-bond donors (Lipinski definition) is 1. The summed E-state index contributed by atoms with van der Waals surface area (Å²) in [7, 11) is 1.87. The average Bonchev–Trinajstić information content (AvgIpc) is 2.28. The zero-order valence-corrected chi connectivity index (χ0v) is 10.9. The van der Waals surface area contributed by atoms with Gasteiger partial charge < -0.3 is 5.32 Å². The Labute approximate surface area is 107 Å². The van der Waals surface area contributed by atoms with Crippen molar-refractivity contribution in [1.82, 2.24) is 10.3 Å². The van der Waals surface area contributed by atoms with Gasteiger partial charge in [-0.25, -0.2) is 4.39 Å². The van der Waals surface area contributed by atoms with Crippen LogP contribution in [0.1, 0.15) is 28.3 Å². The normalized spacial score (nSPS) is 12.4. The SMILES string of the molecule is CNC(c1cncc(C)c1)c1cc(C)cc(F)c1. The number of aromatic nitrogens is 1. The van der Waals surface area contributed by atoms with Crippen LogP contribution in [0.25, 0.3) is 0 Å². The maximum absolute atomic E-state index is 13.5. The van der Waals surface area contributed by atoms with Gasteiger partial charge in [-0.15, -0.1) is 0 Å². The van der Waals surface area contributed by atoms with Crippen molar-refractivity contribution >= 4 is 0 Å². The van der Waals surface area contributed by atoms with E-state index in [0.29, 0.717) is 0 Å². The summed E-state index contributed by atoms with van der Waals surface area (Å²) in [6.07, 6.45) is 3.63. The zero-order valence-electron chi connectivity index (χ0n) is 10.9. The van der Waals surface area contributed by atoms with Crippen molar-refractivity contribution in [1.29, 1.82) is 0 Å². The number of nitrogens with one attached hydrogen (secondary N) is 1. The van der Waals surface area contributed by atoms with Crippen LogP contribution in [0.2, 0.25) is 0 Å². The van der Waals surface area contributed by atoms with Crippen molar-refractivity contribution in [2.24, 2.45) is 0 Å². The molecule has 94 valence electrons. The van der Waals surface area contributed by atoms with Gasteiger partial charge >= 0.3 is 0 Å². The first-order valence-corrected chi connectivity index (χ1v) is 5.96. The van der Waals surface area contributed by atoms with E-state index in [1.165, 1.54) is 6.07 Å². The van der Waals surface area contributed by atoms with Gasteiger partial charge in [0.15, 0.2) is 0 Å². The fourth-order valence-corrected chi connectivity index (χ4v) is 2.19. The second kappa shape index (κ2) is 5.27. The van der Waals surface area contributed by atoms with E-state index in [-0.39, 0.29) is 11.9 Å². The highest BCUT2D eigenvalue weighted by molar-refractivity contribution is 5.34. The molecule has 0 amide bonds. The second-order valence-electron chi connectivity index (χ2n) is 4.58. The van der Waals surface area contributed by atoms with E-state index in [4.69, 9.17) is 0 Å². The molecule has 1 atom stereocenters. The highest BCUT2D eigenvalue weighted by Gasteiger charge is 2.13. The minimum Gasteiger partial charge on any atom is -0.309 e. The highest BCUT2D eigenvalue weighted by atomic mass is 19.1. The highest BCUT2D eigenvalue weighted by Crippen LogP contribution is 2.23. The molecule has 0 spiro atoms. The Morgan fingerprint density at radius 1 is 1.00 bits per heavy atom. The van der Waals surface area contributed by atoms with E-state index in [2.05, 4.69) is 16.4 Å². The Bertz CT molecular complexity index is 532. The summed E-state index contributed by atoms with van der Waals surface area (Å²) in [5, 5.41) is 3.21. The van der Waals surface area contributed by atoms with Crippen LogP contribution in [0.4, 0.5) is 4.39 Å². The molecule has 0 bridgehead atoms. The lowest BCUT2D eigenvalue weighted by atomic mass is 9.98. The molecule has 0 aliphatic rings. The Morgan fingerprint density at radius 2 is 1.72 bits per heavy atom. The van der Waals surface area contributed by atoms with Crippen LogP contribution in [-0.2, 0) is 0 Å². The molecule has 3 heteroatoms. The van der Waals surface area contributed by atoms with Crippen LogP contribution in [0.5, 0.6) is 0 Å². The Hall–Kier alpha value is -1.74. The van der Waals surface area contributed by atoms with Gasteiger partial charge in [-0.3, -0.25) is 4.98 Å². The predicted molar refractivity (Wildman–Crippen MR) is 71.0 cm³/mol. The number of halogens is 1. The molecule has 0 radical (unpaired) electrons. The molecule has 0 aliphatic carbocycles. The second-order valence-corrected chi connectivity index (χ2v) is 4.58. The molecule has 2 aromatic rings. The third-order valence-corrected chi connectivity index (χ3v) is 2.92. The molecule has 0 aliphatic heterocycles. The molecular formula is C15H17FN2. The van der Waals surface area contributed by atoms with Gasteiger partial charge in [0.1, 0.15) is 5.82 Å². The minimum atomic E-state index is -0.203. The van der Waals surface area contributed by atoms with Gasteiger partial charge in [-0.1, -0.05) is 12.1 Å². The van der Waals surface area contributed by atoms with Crippen LogP contribution in [0, 0.1) is 19.7 Å². The van der Waals surface area contributed by atoms with Crippen LogP contribution in [-0.4, -0.2) is 12.0 Å². The molecule has 18 heavy (non-hydrogen) atoms. The van der Waals surface area contributed by atoms with E-state index in [9.17, 15) is 4.39 Å². The Morgan fingerprint density at radius 3 is 2.33 bits per heavy atom. The predicted octanol–water partition coefficient (Wildman–Crippen LogP) is 3.15. The number of benzene rings is 1. The van der Waals surface area contributed by atoms with E-state index >= 15 is 0 Å². The van der Waals surface area contributed by atoms with Crippen molar-refractivity contribution < 1.29 is 4.39 Å². The summed E-state index contributed by atoms with van der Waals surface area (Å²) in [5.41, 5.74) is 3.98. The summed E-state index contributed by atoms with van der Waals surface area (Å²) in [6, 6.07) is 7.12. The lowest BCUT2D eigenvalue weighted by Gasteiger charge is -2.18. The third-order valence-electron chi connectivity index (χ3n) is 2.92. The smallest absolute Gasteiger partial charge is 0.123 e. The average molecular weight is 244 g/mol. The molecule has 1 aromatic carbocycles. The number of nitrogens with zero attached hydrogens (tertiary/aromatic N) is 1. The van der Waals surface area contributed by atoms with Gasteiger partial charge in [0.05, 0.1) is 6.04 Å². The van der Waals surface area contributed by atoms with Gasteiger partial charge in [0.25, 0.3) is 0 Å². The first-order chi connectivity index (χ1) is 8.60. The molecular weight excluding hydrogens is 227 g/mol. The molecule has 1 aromatic heterocycles. The summed E-state index contributed by atoms with van der Waals surface area (Å²) in [6.45, 7) is 3.90. The van der Waals surface area contributed by atoms with Crippen molar-refractivity contribution in [3.63, 3.8) is 0 Å². The van der Waals surface area contributed by atoms with Crippen molar-refractivity contribution in [2.75, 3.05) is 7.05 Å². The van der Waals surface area contributed by atoms with Crippen LogP contribution in [0.15, 0.2) is 36.7 Å². The molecule has 2 nitrogen and oxygen atoms in total. The molecule has 1 heterocycles. The monoisotopic (exact) mass is 244 g/mol. The van der Waals surface area contributed by atoms with E-state index in [1.807, 2.05) is 39.4 Å². The Balaban J connectivity index is 2.45. The fourth-order valence-electron chi connectivity index (χ4n) is 2.19. The first-order valence-electron chi connectivity index (χ1n) is 5.96. The maximum atomic E-state index is 13.5. The van der Waals surface area contributed by atoms with E-state index in [0.717, 1.165) is 22.3 Å². The molecule has 2 rings (SSSR count). The van der Waals surface area contributed by atoms with Crippen molar-refractivity contribution in [3.8, 4) is 0 Å². The molecule has 0 saturated heterocycles. The molecule has 1 unspecified atom stereocenters. The standard InChI is InChI=1S/C15H17FN2/c1-10-4-12(7-14(16)6-10)15(17-3)13-5-11(2)8-18-9-13/h4-9,15,17H,1-3H3.